The number of hydrogen-bond donors (Lipinski definition) is 0. The fourth-order valence-electron chi connectivity index (χ4n) is 3.84. The standard InChI is InChI=1S/C25H26N4O3S/c1-27(10-11-28-12-14-33-15-13-28)25(30)23-18-26-24(19-6-3-2-4-7-19)17-22(23)20-8-5-9-21(16-20)29(31)32/h2-9,16-18H,10-15H2,1H3. The number of carbonyl (C=O) groups excluding carboxylic acids is 1. The highest BCUT2D eigenvalue weighted by Gasteiger charge is 2.21. The molecule has 0 N–H and O–H groups in total. The topological polar surface area (TPSA) is 79.6 Å². The van der Waals surface area contributed by atoms with Crippen LogP contribution in [0.15, 0.2) is 66.9 Å². The number of carbonyl (C=O) groups is 1. The fraction of sp³-hybridized carbons (Fsp3) is 0.280. The van der Waals surface area contributed by atoms with Crippen LogP contribution in [0.5, 0.6) is 0 Å². The molecule has 0 aliphatic carbocycles. The maximum Gasteiger partial charge on any atom is 0.270 e. The van der Waals surface area contributed by atoms with Gasteiger partial charge in [-0.05, 0) is 17.2 Å². The molecule has 2 aromatic carbocycles. The Morgan fingerprint density at radius 2 is 1.82 bits per heavy atom. The number of likely N-dealkylation sites (N-methyl/N-ethyl adjacent to an activating group) is 1. The molecular formula is C25H26N4O3S. The highest BCUT2D eigenvalue weighted by Crippen LogP contribution is 2.31. The SMILES string of the molecule is CN(CCN1CCSCC1)C(=O)c1cnc(-c2ccccc2)cc1-c1cccc([N+](=O)[O-])c1. The van der Waals surface area contributed by atoms with Gasteiger partial charge in [-0.2, -0.15) is 11.8 Å². The summed E-state index contributed by atoms with van der Waals surface area (Å²) in [5, 5.41) is 11.3. The van der Waals surface area contributed by atoms with Gasteiger partial charge in [0.25, 0.3) is 11.6 Å². The maximum absolute atomic E-state index is 13.4. The van der Waals surface area contributed by atoms with Gasteiger partial charge in [0.15, 0.2) is 0 Å². The number of pyridine rings is 1. The number of non-ortho nitro benzene ring substituents is 1. The Morgan fingerprint density at radius 1 is 1.09 bits per heavy atom. The van der Waals surface area contributed by atoms with Crippen LogP contribution in [0.4, 0.5) is 5.69 Å². The Kier molecular flexibility index (Phi) is 7.36. The minimum Gasteiger partial charge on any atom is -0.340 e. The summed E-state index contributed by atoms with van der Waals surface area (Å²) < 4.78 is 0. The van der Waals surface area contributed by atoms with Crippen molar-refractivity contribution in [3.8, 4) is 22.4 Å². The molecule has 1 aliphatic rings. The summed E-state index contributed by atoms with van der Waals surface area (Å²) >= 11 is 1.96. The smallest absolute Gasteiger partial charge is 0.270 e. The van der Waals surface area contributed by atoms with Gasteiger partial charge in [0.05, 0.1) is 16.2 Å². The van der Waals surface area contributed by atoms with Crippen molar-refractivity contribution in [3.63, 3.8) is 0 Å². The first kappa shape index (κ1) is 22.9. The Labute approximate surface area is 197 Å². The third-order valence-electron chi connectivity index (χ3n) is 5.77. The van der Waals surface area contributed by atoms with Gasteiger partial charge in [-0.25, -0.2) is 0 Å². The van der Waals surface area contributed by atoms with E-state index >= 15 is 0 Å². The van der Waals surface area contributed by atoms with E-state index in [-0.39, 0.29) is 11.6 Å². The minimum absolute atomic E-state index is 0.0136. The van der Waals surface area contributed by atoms with Crippen molar-refractivity contribution in [1.29, 1.82) is 0 Å². The molecule has 3 aromatic rings. The van der Waals surface area contributed by atoms with E-state index in [9.17, 15) is 14.9 Å². The van der Waals surface area contributed by atoms with E-state index in [1.807, 2.05) is 48.2 Å². The summed E-state index contributed by atoms with van der Waals surface area (Å²) in [7, 11) is 1.80. The molecule has 7 nitrogen and oxygen atoms in total. The molecule has 33 heavy (non-hydrogen) atoms. The van der Waals surface area contributed by atoms with Crippen LogP contribution in [-0.2, 0) is 0 Å². The van der Waals surface area contributed by atoms with Gasteiger partial charge in [0, 0.05) is 68.6 Å². The third kappa shape index (κ3) is 5.58. The molecule has 0 unspecified atom stereocenters. The molecule has 0 radical (unpaired) electrons. The lowest BCUT2D eigenvalue weighted by Crippen LogP contribution is -2.40. The monoisotopic (exact) mass is 462 g/mol. The van der Waals surface area contributed by atoms with Crippen LogP contribution in [0.2, 0.25) is 0 Å². The molecule has 1 aromatic heterocycles. The van der Waals surface area contributed by atoms with Gasteiger partial charge in [-0.3, -0.25) is 24.8 Å². The molecule has 1 fully saturated rings. The Bertz CT molecular complexity index is 1130. The highest BCUT2D eigenvalue weighted by molar-refractivity contribution is 7.99. The quantitative estimate of drug-likeness (QED) is 0.381. The second-order valence-electron chi connectivity index (χ2n) is 7.97. The van der Waals surface area contributed by atoms with Gasteiger partial charge in [0.1, 0.15) is 0 Å². The number of nitrogens with zero attached hydrogens (tertiary/aromatic N) is 4. The number of hydrogen-bond acceptors (Lipinski definition) is 6. The van der Waals surface area contributed by atoms with Crippen LogP contribution in [0, 0.1) is 10.1 Å². The van der Waals surface area contributed by atoms with Crippen LogP contribution in [-0.4, -0.2) is 70.3 Å². The zero-order valence-corrected chi connectivity index (χ0v) is 19.3. The van der Waals surface area contributed by atoms with E-state index in [0.717, 1.165) is 36.7 Å². The van der Waals surface area contributed by atoms with Crippen LogP contribution >= 0.6 is 11.8 Å². The first-order chi connectivity index (χ1) is 16.0. The third-order valence-corrected chi connectivity index (χ3v) is 6.72. The van der Waals surface area contributed by atoms with E-state index in [4.69, 9.17) is 0 Å². The Balaban J connectivity index is 1.66. The van der Waals surface area contributed by atoms with E-state index < -0.39 is 4.92 Å². The van der Waals surface area contributed by atoms with Gasteiger partial charge < -0.3 is 4.90 Å². The maximum atomic E-state index is 13.4. The predicted octanol–water partition coefficient (Wildman–Crippen LogP) is 4.44. The van der Waals surface area contributed by atoms with Crippen LogP contribution in [0.25, 0.3) is 22.4 Å². The summed E-state index contributed by atoms with van der Waals surface area (Å²) in [6, 6.07) is 17.9. The number of benzene rings is 2. The molecule has 1 saturated heterocycles. The number of rotatable bonds is 7. The molecule has 170 valence electrons. The molecule has 1 aliphatic heterocycles. The first-order valence-electron chi connectivity index (χ1n) is 10.9. The fourth-order valence-corrected chi connectivity index (χ4v) is 4.82. The molecule has 0 saturated carbocycles. The van der Waals surface area contributed by atoms with Crippen LogP contribution < -0.4 is 0 Å². The molecule has 2 heterocycles. The summed E-state index contributed by atoms with van der Waals surface area (Å²) in [5.41, 5.74) is 3.31. The number of nitro groups is 1. The van der Waals surface area contributed by atoms with Crippen molar-refractivity contribution >= 4 is 23.4 Å². The lowest BCUT2D eigenvalue weighted by molar-refractivity contribution is -0.384. The van der Waals surface area contributed by atoms with Crippen molar-refractivity contribution in [2.45, 2.75) is 0 Å². The predicted molar refractivity (Wildman–Crippen MR) is 132 cm³/mol. The molecule has 8 heteroatoms. The minimum atomic E-state index is -0.423. The molecule has 0 atom stereocenters. The van der Waals surface area contributed by atoms with Crippen molar-refractivity contribution in [3.05, 3.63) is 82.5 Å². The van der Waals surface area contributed by atoms with E-state index in [0.29, 0.717) is 28.9 Å². The lowest BCUT2D eigenvalue weighted by atomic mass is 9.97. The largest absolute Gasteiger partial charge is 0.340 e. The number of aromatic nitrogens is 1. The van der Waals surface area contributed by atoms with Gasteiger partial charge >= 0.3 is 0 Å². The van der Waals surface area contributed by atoms with Crippen molar-refractivity contribution in [1.82, 2.24) is 14.8 Å². The zero-order valence-electron chi connectivity index (χ0n) is 18.5. The summed E-state index contributed by atoms with van der Waals surface area (Å²) in [6.45, 7) is 3.51. The van der Waals surface area contributed by atoms with E-state index in [2.05, 4.69) is 9.88 Å². The average Bonchev–Trinajstić information content (AvgIpc) is 2.87. The normalized spacial score (nSPS) is 14.1. The molecular weight excluding hydrogens is 436 g/mol. The summed E-state index contributed by atoms with van der Waals surface area (Å²) in [4.78, 5) is 33.0. The summed E-state index contributed by atoms with van der Waals surface area (Å²) in [5.74, 6) is 2.11. The number of amides is 1. The van der Waals surface area contributed by atoms with Crippen LogP contribution in [0.3, 0.4) is 0 Å². The van der Waals surface area contributed by atoms with Crippen molar-refractivity contribution in [2.75, 3.05) is 44.7 Å². The Morgan fingerprint density at radius 3 is 2.55 bits per heavy atom. The van der Waals surface area contributed by atoms with Crippen molar-refractivity contribution < 1.29 is 9.72 Å². The van der Waals surface area contributed by atoms with Gasteiger partial charge in [-0.1, -0.05) is 42.5 Å². The van der Waals surface area contributed by atoms with Gasteiger partial charge in [-0.15, -0.1) is 0 Å². The number of nitro benzene ring substituents is 1. The molecule has 4 rings (SSSR count). The summed E-state index contributed by atoms with van der Waals surface area (Å²) in [6.07, 6.45) is 1.59. The zero-order chi connectivity index (χ0) is 23.2. The second-order valence-corrected chi connectivity index (χ2v) is 9.19. The first-order valence-corrected chi connectivity index (χ1v) is 12.0. The van der Waals surface area contributed by atoms with Gasteiger partial charge in [0.2, 0.25) is 0 Å². The van der Waals surface area contributed by atoms with Crippen molar-refractivity contribution in [2.24, 2.45) is 0 Å². The molecule has 0 spiro atoms. The average molecular weight is 463 g/mol. The van der Waals surface area contributed by atoms with E-state index in [1.165, 1.54) is 12.1 Å². The lowest BCUT2D eigenvalue weighted by Gasteiger charge is -2.28. The molecule has 0 bridgehead atoms. The molecule has 1 amide bonds. The van der Waals surface area contributed by atoms with Crippen LogP contribution in [0.1, 0.15) is 10.4 Å². The highest BCUT2D eigenvalue weighted by atomic mass is 32.2. The van der Waals surface area contributed by atoms with E-state index in [1.54, 1.807) is 30.3 Å². The number of thioether (sulfide) groups is 1. The Hall–Kier alpha value is -3.23. The second kappa shape index (κ2) is 10.6.